The van der Waals surface area contributed by atoms with E-state index in [1.807, 2.05) is 6.92 Å². The van der Waals surface area contributed by atoms with E-state index in [2.05, 4.69) is 20.2 Å². The number of hydrogen-bond donors (Lipinski definition) is 0. The summed E-state index contributed by atoms with van der Waals surface area (Å²) in [6, 6.07) is 1.39. The molecule has 152 valence electrons. The third kappa shape index (κ3) is 4.53. The minimum absolute atomic E-state index is 0.0508. The molecule has 1 amide bonds. The van der Waals surface area contributed by atoms with E-state index in [9.17, 15) is 13.6 Å². The van der Waals surface area contributed by atoms with Gasteiger partial charge in [-0.15, -0.1) is 0 Å². The molecule has 8 nitrogen and oxygen atoms in total. The molecular weight excluding hydrogens is 382 g/mol. The number of likely N-dealkylation sites (N-methyl/N-ethyl adjacent to an activating group) is 1. The van der Waals surface area contributed by atoms with Gasteiger partial charge in [-0.25, -0.2) is 13.8 Å². The van der Waals surface area contributed by atoms with Crippen molar-refractivity contribution in [3.05, 3.63) is 59.8 Å². The maximum atomic E-state index is 13.9. The van der Waals surface area contributed by atoms with Gasteiger partial charge in [0, 0.05) is 12.6 Å². The topological polar surface area (TPSA) is 86.0 Å². The predicted octanol–water partition coefficient (Wildman–Crippen LogP) is 2.57. The maximum Gasteiger partial charge on any atom is 0.256 e. The van der Waals surface area contributed by atoms with Crippen LogP contribution in [0.1, 0.15) is 29.9 Å². The summed E-state index contributed by atoms with van der Waals surface area (Å²) in [5, 5.41) is 7.84. The van der Waals surface area contributed by atoms with Gasteiger partial charge < -0.3 is 9.64 Å². The van der Waals surface area contributed by atoms with Gasteiger partial charge in [0.05, 0.1) is 42.1 Å². The SMILES string of the molecule is CCN(C(=O)c1cc(F)c(F)cc1-n1nccn1)[C@@H](C)COc1cnc(C)cn1. The number of ether oxygens (including phenoxy) is 1. The fourth-order valence-electron chi connectivity index (χ4n) is 2.77. The second kappa shape index (κ2) is 8.72. The van der Waals surface area contributed by atoms with Crippen LogP contribution in [0.25, 0.3) is 5.69 Å². The standard InChI is InChI=1S/C19H20F2N6O2/c1-4-26(13(3)11-29-18-10-22-12(2)9-23-18)19(28)14-7-15(20)16(21)8-17(14)27-24-5-6-25-27/h5-10,13H,4,11H2,1-3H3/t13-/m0/s1. The number of nitrogens with zero attached hydrogens (tertiary/aromatic N) is 6. The number of hydrogen-bond acceptors (Lipinski definition) is 6. The molecule has 3 rings (SSSR count). The Balaban J connectivity index is 1.83. The normalized spacial score (nSPS) is 11.9. The lowest BCUT2D eigenvalue weighted by Crippen LogP contribution is -2.42. The van der Waals surface area contributed by atoms with E-state index in [4.69, 9.17) is 4.74 Å². The molecule has 10 heteroatoms. The quantitative estimate of drug-likeness (QED) is 0.604. The van der Waals surface area contributed by atoms with Gasteiger partial charge in [-0.05, 0) is 26.8 Å². The average Bonchev–Trinajstić information content (AvgIpc) is 3.24. The monoisotopic (exact) mass is 402 g/mol. The summed E-state index contributed by atoms with van der Waals surface area (Å²) in [5.41, 5.74) is 0.757. The zero-order valence-corrected chi connectivity index (χ0v) is 16.2. The molecule has 1 aromatic carbocycles. The van der Waals surface area contributed by atoms with Crippen molar-refractivity contribution in [1.82, 2.24) is 29.9 Å². The van der Waals surface area contributed by atoms with Crippen molar-refractivity contribution in [3.8, 4) is 11.6 Å². The second-order valence-electron chi connectivity index (χ2n) is 6.35. The van der Waals surface area contributed by atoms with Crippen molar-refractivity contribution in [2.75, 3.05) is 13.2 Å². The van der Waals surface area contributed by atoms with E-state index < -0.39 is 17.5 Å². The molecule has 0 bridgehead atoms. The van der Waals surface area contributed by atoms with Crippen LogP contribution >= 0.6 is 0 Å². The Morgan fingerprint density at radius 1 is 1.17 bits per heavy atom. The lowest BCUT2D eigenvalue weighted by Gasteiger charge is -2.28. The Hall–Kier alpha value is -3.43. The number of halogens is 2. The molecule has 0 unspecified atom stereocenters. The minimum Gasteiger partial charge on any atom is -0.474 e. The summed E-state index contributed by atoms with van der Waals surface area (Å²) in [7, 11) is 0. The van der Waals surface area contributed by atoms with Gasteiger partial charge >= 0.3 is 0 Å². The second-order valence-corrected chi connectivity index (χ2v) is 6.35. The summed E-state index contributed by atoms with van der Waals surface area (Å²) in [4.78, 5) is 23.9. The number of aryl methyl sites for hydroxylation is 1. The molecule has 0 saturated heterocycles. The fourth-order valence-corrected chi connectivity index (χ4v) is 2.77. The van der Waals surface area contributed by atoms with Crippen LogP contribution in [-0.2, 0) is 0 Å². The van der Waals surface area contributed by atoms with Gasteiger partial charge in [-0.3, -0.25) is 9.78 Å². The van der Waals surface area contributed by atoms with Crippen molar-refractivity contribution in [1.29, 1.82) is 0 Å². The Bertz CT molecular complexity index is 979. The van der Waals surface area contributed by atoms with E-state index >= 15 is 0 Å². The van der Waals surface area contributed by atoms with E-state index in [1.54, 1.807) is 20.0 Å². The number of aromatic nitrogens is 5. The van der Waals surface area contributed by atoms with Gasteiger partial charge in [-0.1, -0.05) is 0 Å². The summed E-state index contributed by atoms with van der Waals surface area (Å²) in [5.74, 6) is -2.38. The van der Waals surface area contributed by atoms with Gasteiger partial charge in [0.25, 0.3) is 5.91 Å². The van der Waals surface area contributed by atoms with E-state index in [1.165, 1.54) is 23.5 Å². The van der Waals surface area contributed by atoms with Gasteiger partial charge in [-0.2, -0.15) is 15.0 Å². The number of amides is 1. The van der Waals surface area contributed by atoms with Gasteiger partial charge in [0.2, 0.25) is 5.88 Å². The van der Waals surface area contributed by atoms with Gasteiger partial charge in [0.15, 0.2) is 11.6 Å². The van der Waals surface area contributed by atoms with Crippen LogP contribution in [0.15, 0.2) is 36.9 Å². The summed E-state index contributed by atoms with van der Waals surface area (Å²) < 4.78 is 33.3. The first kappa shape index (κ1) is 20.3. The van der Waals surface area contributed by atoms with Crippen LogP contribution in [0.2, 0.25) is 0 Å². The zero-order chi connectivity index (χ0) is 21.0. The zero-order valence-electron chi connectivity index (χ0n) is 16.2. The van der Waals surface area contributed by atoms with E-state index in [0.29, 0.717) is 12.4 Å². The molecule has 0 spiro atoms. The Morgan fingerprint density at radius 2 is 1.86 bits per heavy atom. The third-order valence-electron chi connectivity index (χ3n) is 4.27. The smallest absolute Gasteiger partial charge is 0.256 e. The summed E-state index contributed by atoms with van der Waals surface area (Å²) in [6.45, 7) is 5.86. The summed E-state index contributed by atoms with van der Waals surface area (Å²) in [6.07, 6.45) is 5.84. The first-order chi connectivity index (χ1) is 13.9. The molecule has 0 aliphatic heterocycles. The van der Waals surface area contributed by atoms with Crippen LogP contribution < -0.4 is 4.74 Å². The molecule has 2 heterocycles. The summed E-state index contributed by atoms with van der Waals surface area (Å²) >= 11 is 0. The highest BCUT2D eigenvalue weighted by Gasteiger charge is 2.26. The lowest BCUT2D eigenvalue weighted by molar-refractivity contribution is 0.0645. The largest absolute Gasteiger partial charge is 0.474 e. The highest BCUT2D eigenvalue weighted by Crippen LogP contribution is 2.21. The molecule has 1 atom stereocenters. The predicted molar refractivity (Wildman–Crippen MR) is 99.7 cm³/mol. The van der Waals surface area contributed by atoms with E-state index in [-0.39, 0.29) is 23.9 Å². The number of carbonyl (C=O) groups is 1. The highest BCUT2D eigenvalue weighted by molar-refractivity contribution is 5.98. The van der Waals surface area contributed by atoms with Crippen molar-refractivity contribution in [3.63, 3.8) is 0 Å². The lowest BCUT2D eigenvalue weighted by atomic mass is 10.1. The molecule has 29 heavy (non-hydrogen) atoms. The van der Waals surface area contributed by atoms with Crippen molar-refractivity contribution in [2.45, 2.75) is 26.8 Å². The molecule has 2 aromatic heterocycles. The highest BCUT2D eigenvalue weighted by atomic mass is 19.2. The molecule has 3 aromatic rings. The van der Waals surface area contributed by atoms with Crippen LogP contribution in [-0.4, -0.2) is 55.0 Å². The van der Waals surface area contributed by atoms with Crippen molar-refractivity contribution in [2.24, 2.45) is 0 Å². The van der Waals surface area contributed by atoms with Crippen LogP contribution in [0.4, 0.5) is 8.78 Å². The molecule has 0 N–H and O–H groups in total. The van der Waals surface area contributed by atoms with Gasteiger partial charge in [0.1, 0.15) is 12.3 Å². The van der Waals surface area contributed by atoms with Crippen molar-refractivity contribution < 1.29 is 18.3 Å². The molecule has 0 saturated carbocycles. The van der Waals surface area contributed by atoms with Crippen molar-refractivity contribution >= 4 is 5.91 Å². The first-order valence-corrected chi connectivity index (χ1v) is 8.98. The first-order valence-electron chi connectivity index (χ1n) is 8.98. The molecule has 0 aliphatic carbocycles. The average molecular weight is 402 g/mol. The number of benzene rings is 1. The Kier molecular flexibility index (Phi) is 6.10. The van der Waals surface area contributed by atoms with Crippen LogP contribution in [0.5, 0.6) is 5.88 Å². The Labute approximate surface area is 166 Å². The van der Waals surface area contributed by atoms with Crippen LogP contribution in [0.3, 0.4) is 0 Å². The Morgan fingerprint density at radius 3 is 2.48 bits per heavy atom. The molecule has 0 fully saturated rings. The number of carbonyl (C=O) groups excluding carboxylic acids is 1. The maximum absolute atomic E-state index is 13.9. The third-order valence-corrected chi connectivity index (χ3v) is 4.27. The minimum atomic E-state index is -1.13. The van der Waals surface area contributed by atoms with Crippen LogP contribution in [0, 0.1) is 18.6 Å². The molecular formula is C19H20F2N6O2. The molecule has 0 aliphatic rings. The fraction of sp³-hybridized carbons (Fsp3) is 0.316. The van der Waals surface area contributed by atoms with E-state index in [0.717, 1.165) is 22.6 Å². The molecule has 0 radical (unpaired) electrons. The number of rotatable bonds is 7.